The molecule has 0 spiro atoms. The average molecular weight is 322 g/mol. The summed E-state index contributed by atoms with van der Waals surface area (Å²) in [5, 5.41) is 0. The molecule has 0 unspecified atom stereocenters. The molecule has 1 heterocycles. The van der Waals surface area contributed by atoms with E-state index in [4.69, 9.17) is 14.2 Å². The Labute approximate surface area is 137 Å². The second kappa shape index (κ2) is 9.37. The number of piperazine rings is 1. The van der Waals surface area contributed by atoms with Crippen LogP contribution in [0.2, 0.25) is 0 Å². The van der Waals surface area contributed by atoms with Crippen molar-refractivity contribution in [3.8, 4) is 11.5 Å². The van der Waals surface area contributed by atoms with E-state index in [-0.39, 0.29) is 12.5 Å². The lowest BCUT2D eigenvalue weighted by molar-refractivity contribution is -0.135. The largest absolute Gasteiger partial charge is 0.493 e. The number of hydrogen-bond acceptors (Lipinski definition) is 5. The van der Waals surface area contributed by atoms with Crippen molar-refractivity contribution in [2.75, 3.05) is 60.2 Å². The molecular formula is C17H26N2O4. The van der Waals surface area contributed by atoms with Gasteiger partial charge in [-0.1, -0.05) is 12.1 Å². The monoisotopic (exact) mass is 322 g/mol. The zero-order valence-corrected chi connectivity index (χ0v) is 14.0. The molecule has 0 radical (unpaired) electrons. The van der Waals surface area contributed by atoms with Gasteiger partial charge in [0.1, 0.15) is 0 Å². The normalized spacial score (nSPS) is 15.5. The standard InChI is InChI=1S/C17H26N2O4/c1-21-13-5-8-18-9-11-19(12-10-18)17(20)14-23-16-7-4-3-6-15(16)22-2/h3-4,6-7H,5,8-14H2,1-2H3. The lowest BCUT2D eigenvalue weighted by Gasteiger charge is -2.34. The number of ether oxygens (including phenoxy) is 3. The van der Waals surface area contributed by atoms with Crippen LogP contribution in [0.15, 0.2) is 24.3 Å². The SMILES string of the molecule is COCCCN1CCN(C(=O)COc2ccccc2OC)CC1. The molecule has 1 aromatic carbocycles. The van der Waals surface area contributed by atoms with Crippen molar-refractivity contribution >= 4 is 5.91 Å². The molecule has 0 saturated carbocycles. The van der Waals surface area contributed by atoms with Gasteiger partial charge in [0.15, 0.2) is 18.1 Å². The highest BCUT2D eigenvalue weighted by molar-refractivity contribution is 5.78. The first-order valence-electron chi connectivity index (χ1n) is 7.99. The van der Waals surface area contributed by atoms with Crippen LogP contribution in [-0.4, -0.2) is 75.9 Å². The van der Waals surface area contributed by atoms with Gasteiger partial charge in [0.05, 0.1) is 7.11 Å². The van der Waals surface area contributed by atoms with Crippen LogP contribution in [0.4, 0.5) is 0 Å². The summed E-state index contributed by atoms with van der Waals surface area (Å²) in [7, 11) is 3.31. The van der Waals surface area contributed by atoms with Gasteiger partial charge in [-0.25, -0.2) is 0 Å². The maximum Gasteiger partial charge on any atom is 0.260 e. The Balaban J connectivity index is 1.73. The molecule has 1 aliphatic rings. The topological polar surface area (TPSA) is 51.2 Å². The van der Waals surface area contributed by atoms with E-state index in [1.807, 2.05) is 23.1 Å². The van der Waals surface area contributed by atoms with Crippen LogP contribution in [0.5, 0.6) is 11.5 Å². The van der Waals surface area contributed by atoms with E-state index in [1.54, 1.807) is 20.3 Å². The number of carbonyl (C=O) groups excluding carboxylic acids is 1. The van der Waals surface area contributed by atoms with Gasteiger partial charge in [-0.05, 0) is 18.6 Å². The molecule has 1 fully saturated rings. The van der Waals surface area contributed by atoms with Gasteiger partial charge >= 0.3 is 0 Å². The zero-order chi connectivity index (χ0) is 16.5. The first-order valence-corrected chi connectivity index (χ1v) is 7.99. The number of methoxy groups -OCH3 is 2. The summed E-state index contributed by atoms with van der Waals surface area (Å²) in [5.74, 6) is 1.26. The Hall–Kier alpha value is -1.79. The van der Waals surface area contributed by atoms with Gasteiger partial charge in [0.25, 0.3) is 5.91 Å². The fourth-order valence-corrected chi connectivity index (χ4v) is 2.62. The number of benzene rings is 1. The maximum atomic E-state index is 12.3. The van der Waals surface area contributed by atoms with E-state index < -0.39 is 0 Å². The fraction of sp³-hybridized carbons (Fsp3) is 0.588. The second-order valence-corrected chi connectivity index (χ2v) is 5.51. The van der Waals surface area contributed by atoms with Gasteiger partial charge in [0, 0.05) is 46.4 Å². The molecule has 2 rings (SSSR count). The molecule has 1 aromatic rings. The van der Waals surface area contributed by atoms with E-state index in [0.717, 1.165) is 45.8 Å². The Bertz CT molecular complexity index is 487. The predicted molar refractivity (Wildman–Crippen MR) is 88.0 cm³/mol. The van der Waals surface area contributed by atoms with Crippen molar-refractivity contribution < 1.29 is 19.0 Å². The third-order valence-corrected chi connectivity index (χ3v) is 3.97. The van der Waals surface area contributed by atoms with Gasteiger partial charge < -0.3 is 19.1 Å². The van der Waals surface area contributed by atoms with E-state index in [1.165, 1.54) is 0 Å². The number of hydrogen-bond donors (Lipinski definition) is 0. The van der Waals surface area contributed by atoms with Crippen LogP contribution in [0.3, 0.4) is 0 Å². The van der Waals surface area contributed by atoms with Crippen molar-refractivity contribution in [3.63, 3.8) is 0 Å². The fourth-order valence-electron chi connectivity index (χ4n) is 2.62. The number of carbonyl (C=O) groups is 1. The van der Waals surface area contributed by atoms with Gasteiger partial charge in [-0.2, -0.15) is 0 Å². The molecule has 0 N–H and O–H groups in total. The average Bonchev–Trinajstić information content (AvgIpc) is 2.60. The minimum Gasteiger partial charge on any atom is -0.493 e. The van der Waals surface area contributed by atoms with Crippen LogP contribution in [-0.2, 0) is 9.53 Å². The molecule has 128 valence electrons. The van der Waals surface area contributed by atoms with Crippen molar-refractivity contribution in [2.24, 2.45) is 0 Å². The molecule has 6 nitrogen and oxygen atoms in total. The van der Waals surface area contributed by atoms with Crippen LogP contribution < -0.4 is 9.47 Å². The molecule has 6 heteroatoms. The third-order valence-electron chi connectivity index (χ3n) is 3.97. The number of amides is 1. The molecule has 0 aromatic heterocycles. The quantitative estimate of drug-likeness (QED) is 0.674. The third kappa shape index (κ3) is 5.41. The van der Waals surface area contributed by atoms with Crippen LogP contribution in [0.25, 0.3) is 0 Å². The second-order valence-electron chi connectivity index (χ2n) is 5.51. The molecule has 1 amide bonds. The summed E-state index contributed by atoms with van der Waals surface area (Å²) in [5.41, 5.74) is 0. The lowest BCUT2D eigenvalue weighted by Crippen LogP contribution is -2.50. The van der Waals surface area contributed by atoms with E-state index in [9.17, 15) is 4.79 Å². The van der Waals surface area contributed by atoms with Crippen LogP contribution in [0, 0.1) is 0 Å². The van der Waals surface area contributed by atoms with Crippen molar-refractivity contribution in [1.82, 2.24) is 9.80 Å². The minimum absolute atomic E-state index is 0.0208. The van der Waals surface area contributed by atoms with Gasteiger partial charge in [-0.15, -0.1) is 0 Å². The van der Waals surface area contributed by atoms with Crippen molar-refractivity contribution in [3.05, 3.63) is 24.3 Å². The minimum atomic E-state index is 0.0208. The van der Waals surface area contributed by atoms with Crippen molar-refractivity contribution in [2.45, 2.75) is 6.42 Å². The number of para-hydroxylation sites is 2. The Morgan fingerprint density at radius 1 is 1.09 bits per heavy atom. The Morgan fingerprint density at radius 3 is 2.43 bits per heavy atom. The van der Waals surface area contributed by atoms with Crippen LogP contribution in [0.1, 0.15) is 6.42 Å². The molecule has 23 heavy (non-hydrogen) atoms. The molecule has 1 saturated heterocycles. The Morgan fingerprint density at radius 2 is 1.78 bits per heavy atom. The van der Waals surface area contributed by atoms with E-state index in [2.05, 4.69) is 4.90 Å². The molecule has 0 atom stereocenters. The first-order chi connectivity index (χ1) is 11.2. The van der Waals surface area contributed by atoms with E-state index in [0.29, 0.717) is 11.5 Å². The zero-order valence-electron chi connectivity index (χ0n) is 14.0. The van der Waals surface area contributed by atoms with Crippen LogP contribution >= 0.6 is 0 Å². The molecule has 0 bridgehead atoms. The summed E-state index contributed by atoms with van der Waals surface area (Å²) in [4.78, 5) is 16.5. The maximum absolute atomic E-state index is 12.3. The number of rotatable bonds is 8. The van der Waals surface area contributed by atoms with Gasteiger partial charge in [-0.3, -0.25) is 9.69 Å². The highest BCUT2D eigenvalue weighted by Crippen LogP contribution is 2.25. The van der Waals surface area contributed by atoms with Crippen molar-refractivity contribution in [1.29, 1.82) is 0 Å². The number of nitrogens with zero attached hydrogens (tertiary/aromatic N) is 2. The lowest BCUT2D eigenvalue weighted by atomic mass is 10.3. The Kier molecular flexibility index (Phi) is 7.16. The summed E-state index contributed by atoms with van der Waals surface area (Å²) in [6.45, 7) is 5.17. The molecule has 0 aliphatic carbocycles. The summed E-state index contributed by atoms with van der Waals surface area (Å²) in [6.07, 6.45) is 1.03. The summed E-state index contributed by atoms with van der Waals surface area (Å²) in [6, 6.07) is 7.36. The smallest absolute Gasteiger partial charge is 0.260 e. The van der Waals surface area contributed by atoms with E-state index >= 15 is 0 Å². The molecule has 1 aliphatic heterocycles. The first kappa shape index (κ1) is 17.6. The summed E-state index contributed by atoms with van der Waals surface area (Å²) < 4.78 is 15.9. The van der Waals surface area contributed by atoms with Gasteiger partial charge in [0.2, 0.25) is 0 Å². The highest BCUT2D eigenvalue weighted by atomic mass is 16.5. The molecular weight excluding hydrogens is 296 g/mol. The predicted octanol–water partition coefficient (Wildman–Crippen LogP) is 1.25. The summed E-state index contributed by atoms with van der Waals surface area (Å²) >= 11 is 0. The highest BCUT2D eigenvalue weighted by Gasteiger charge is 2.21.